The molecule has 45 heavy (non-hydrogen) atoms. The number of carboxylic acid groups (broad SMARTS) is 1. The van der Waals surface area contributed by atoms with E-state index in [9.17, 15) is 9.90 Å². The minimum atomic E-state index is -2.77. The Morgan fingerprint density at radius 2 is 1.60 bits per heavy atom. The van der Waals surface area contributed by atoms with Gasteiger partial charge in [0.15, 0.2) is 0 Å². The summed E-state index contributed by atoms with van der Waals surface area (Å²) in [6, 6.07) is 21.6. The van der Waals surface area contributed by atoms with Crippen LogP contribution in [0, 0.1) is 11.8 Å². The third-order valence-electron chi connectivity index (χ3n) is 9.22. The molecule has 3 rings (SSSR count). The van der Waals surface area contributed by atoms with Gasteiger partial charge in [0.1, 0.15) is 0 Å². The van der Waals surface area contributed by atoms with Crippen LogP contribution in [0.5, 0.6) is 0 Å². The molecular weight excluding hydrogens is 580 g/mol. The molecule has 0 amide bonds. The Kier molecular flexibility index (Phi) is 15.5. The fraction of sp³-hybridized carbons (Fsp3) is 0.605. The van der Waals surface area contributed by atoms with E-state index < -0.39 is 20.4 Å². The number of unbranched alkanes of at least 4 members (excludes halogenated alkanes) is 3. The number of aliphatic hydroxyl groups excluding tert-OH is 1. The second-order valence-electron chi connectivity index (χ2n) is 13.5. The maximum absolute atomic E-state index is 11.2. The van der Waals surface area contributed by atoms with Crippen molar-refractivity contribution in [1.82, 2.24) is 0 Å². The Balaban J connectivity index is 1.99. The molecule has 1 fully saturated rings. The number of hydrogen-bond acceptors (Lipinski definition) is 5. The predicted molar refractivity (Wildman–Crippen MR) is 186 cm³/mol. The molecule has 2 aromatic rings. The van der Waals surface area contributed by atoms with Crippen molar-refractivity contribution >= 4 is 24.7 Å². The third-order valence-corrected chi connectivity index (χ3v) is 14.3. The van der Waals surface area contributed by atoms with Crippen molar-refractivity contribution < 1.29 is 28.9 Å². The van der Waals surface area contributed by atoms with E-state index in [0.29, 0.717) is 32.7 Å². The van der Waals surface area contributed by atoms with Gasteiger partial charge in [0, 0.05) is 25.4 Å². The normalized spacial score (nSPS) is 21.4. The molecule has 2 N–H and O–H groups in total. The van der Waals surface area contributed by atoms with Gasteiger partial charge in [-0.25, -0.2) is 0 Å². The molecule has 5 atom stereocenters. The number of carboxylic acids is 1. The Morgan fingerprint density at radius 3 is 2.16 bits per heavy atom. The molecule has 250 valence electrons. The van der Waals surface area contributed by atoms with Crippen LogP contribution in [0.3, 0.4) is 0 Å². The first-order valence-electron chi connectivity index (χ1n) is 17.2. The lowest BCUT2D eigenvalue weighted by molar-refractivity contribution is -0.137. The number of ether oxygens (including phenoxy) is 2. The van der Waals surface area contributed by atoms with Crippen molar-refractivity contribution in [2.75, 3.05) is 19.8 Å². The first kappa shape index (κ1) is 37.2. The van der Waals surface area contributed by atoms with Crippen molar-refractivity contribution in [2.45, 2.75) is 116 Å². The lowest BCUT2D eigenvalue weighted by Gasteiger charge is -2.45. The summed E-state index contributed by atoms with van der Waals surface area (Å²) in [5.41, 5.74) is 0. The number of aliphatic carboxylic acids is 1. The highest BCUT2D eigenvalue weighted by molar-refractivity contribution is 6.99. The molecule has 0 unspecified atom stereocenters. The van der Waals surface area contributed by atoms with Gasteiger partial charge in [-0.3, -0.25) is 4.79 Å². The fourth-order valence-corrected chi connectivity index (χ4v) is 11.6. The number of rotatable bonds is 20. The highest BCUT2D eigenvalue weighted by atomic mass is 28.4. The zero-order chi connectivity index (χ0) is 32.7. The summed E-state index contributed by atoms with van der Waals surface area (Å²) >= 11 is 0. The zero-order valence-electron chi connectivity index (χ0n) is 28.3. The fourth-order valence-electron chi connectivity index (χ4n) is 6.95. The Hall–Kier alpha value is -2.29. The maximum Gasteiger partial charge on any atom is 0.303 e. The molecule has 0 radical (unpaired) electrons. The SMILES string of the molecule is CCCCC[C@@H](/C=C/[C@@H]1[C@@H](CCCCC(=O)O)[C@@H](O)C[C@H]1OCCOCC)O[Si](c1ccccc1)(c1ccccc1)C(C)(C)C. The number of hydrogen-bond donors (Lipinski definition) is 2. The van der Waals surface area contributed by atoms with E-state index in [-0.39, 0.29) is 35.5 Å². The van der Waals surface area contributed by atoms with E-state index in [1.54, 1.807) is 0 Å². The molecule has 1 aliphatic rings. The Morgan fingerprint density at radius 1 is 0.956 bits per heavy atom. The molecule has 0 bridgehead atoms. The topological polar surface area (TPSA) is 85.2 Å². The first-order chi connectivity index (χ1) is 21.6. The van der Waals surface area contributed by atoms with Gasteiger partial charge >= 0.3 is 5.97 Å². The smallest absolute Gasteiger partial charge is 0.303 e. The van der Waals surface area contributed by atoms with Gasteiger partial charge < -0.3 is 24.1 Å². The zero-order valence-corrected chi connectivity index (χ0v) is 29.3. The van der Waals surface area contributed by atoms with Gasteiger partial charge in [0.05, 0.1) is 31.5 Å². The van der Waals surface area contributed by atoms with Gasteiger partial charge in [0.25, 0.3) is 8.32 Å². The molecule has 1 saturated carbocycles. The summed E-state index contributed by atoms with van der Waals surface area (Å²) in [6.45, 7) is 12.8. The summed E-state index contributed by atoms with van der Waals surface area (Å²) in [5, 5.41) is 22.7. The quantitative estimate of drug-likeness (QED) is 0.0912. The van der Waals surface area contributed by atoms with E-state index in [1.165, 1.54) is 10.4 Å². The van der Waals surface area contributed by atoms with E-state index >= 15 is 0 Å². The minimum Gasteiger partial charge on any atom is -0.481 e. The number of aliphatic hydroxyl groups is 1. The number of carbonyl (C=O) groups is 1. The molecule has 0 aromatic heterocycles. The van der Waals surface area contributed by atoms with Crippen molar-refractivity contribution in [1.29, 1.82) is 0 Å². The highest BCUT2D eigenvalue weighted by Crippen LogP contribution is 2.41. The molecule has 0 heterocycles. The third kappa shape index (κ3) is 10.6. The summed E-state index contributed by atoms with van der Waals surface area (Å²) in [4.78, 5) is 11.1. The van der Waals surface area contributed by atoms with Crippen molar-refractivity contribution in [3.05, 3.63) is 72.8 Å². The average molecular weight is 639 g/mol. The van der Waals surface area contributed by atoms with E-state index in [2.05, 4.69) is 101 Å². The molecule has 0 aliphatic heterocycles. The molecule has 0 saturated heterocycles. The lowest BCUT2D eigenvalue weighted by atomic mass is 9.88. The molecule has 1 aliphatic carbocycles. The van der Waals surface area contributed by atoms with Crippen molar-refractivity contribution in [3.63, 3.8) is 0 Å². The second-order valence-corrected chi connectivity index (χ2v) is 17.7. The van der Waals surface area contributed by atoms with Gasteiger partial charge in [-0.15, -0.1) is 0 Å². The van der Waals surface area contributed by atoms with Gasteiger partial charge in [-0.05, 0) is 47.5 Å². The van der Waals surface area contributed by atoms with Crippen LogP contribution in [-0.2, 0) is 18.7 Å². The van der Waals surface area contributed by atoms with Crippen LogP contribution in [0.15, 0.2) is 72.8 Å². The van der Waals surface area contributed by atoms with Crippen LogP contribution >= 0.6 is 0 Å². The van der Waals surface area contributed by atoms with Crippen molar-refractivity contribution in [2.24, 2.45) is 11.8 Å². The standard InChI is InChI=1S/C38H58O6Si/c1-6-8-11-18-30(44-45(38(3,4)5,31-19-12-9-13-20-31)32-21-14-10-15-22-32)25-26-34-33(23-16-17-24-37(40)41)35(39)29-36(34)43-28-27-42-7-2/h9-10,12-15,19-22,25-26,30,33-36,39H,6-8,11,16-18,23-24,27-29H2,1-5H3,(H,40,41)/b26-25+/t30-,33+,34+,35-,36+/m0/s1. The van der Waals surface area contributed by atoms with Crippen molar-refractivity contribution in [3.8, 4) is 0 Å². The maximum atomic E-state index is 11.2. The average Bonchev–Trinajstić information content (AvgIpc) is 3.32. The van der Waals surface area contributed by atoms with Crippen LogP contribution in [0.4, 0.5) is 0 Å². The molecular formula is C38H58O6Si. The summed E-state index contributed by atoms with van der Waals surface area (Å²) in [5.74, 6) is -0.745. The molecule has 2 aromatic carbocycles. The Bertz CT molecular complexity index is 1090. The van der Waals surface area contributed by atoms with Gasteiger partial charge in [-0.2, -0.15) is 0 Å². The lowest BCUT2D eigenvalue weighted by Crippen LogP contribution is -2.67. The van der Waals surface area contributed by atoms with E-state index in [1.807, 2.05) is 6.92 Å². The highest BCUT2D eigenvalue weighted by Gasteiger charge is 2.51. The summed E-state index contributed by atoms with van der Waals surface area (Å²) in [7, 11) is -2.77. The van der Waals surface area contributed by atoms with Crippen LogP contribution in [-0.4, -0.2) is 62.6 Å². The van der Waals surface area contributed by atoms with Gasteiger partial charge in [-0.1, -0.05) is 126 Å². The van der Waals surface area contributed by atoms with Crippen LogP contribution < -0.4 is 10.4 Å². The summed E-state index contributed by atoms with van der Waals surface area (Å²) < 4.78 is 19.4. The molecule has 7 heteroatoms. The largest absolute Gasteiger partial charge is 0.481 e. The molecule has 6 nitrogen and oxygen atoms in total. The van der Waals surface area contributed by atoms with Gasteiger partial charge in [0.2, 0.25) is 0 Å². The monoisotopic (exact) mass is 638 g/mol. The predicted octanol–water partition coefficient (Wildman–Crippen LogP) is 7.13. The number of benzene rings is 2. The summed E-state index contributed by atoms with van der Waals surface area (Å²) in [6.07, 6.45) is 11.0. The Labute approximate surface area is 273 Å². The van der Waals surface area contributed by atoms with E-state index in [0.717, 1.165) is 38.5 Å². The second kappa shape index (κ2) is 18.8. The van der Waals surface area contributed by atoms with E-state index in [4.69, 9.17) is 19.0 Å². The van der Waals surface area contributed by atoms with Crippen LogP contribution in [0.2, 0.25) is 5.04 Å². The van der Waals surface area contributed by atoms with Crippen LogP contribution in [0.1, 0.15) is 92.4 Å². The first-order valence-corrected chi connectivity index (χ1v) is 19.1. The minimum absolute atomic E-state index is 0.0105. The molecule has 0 spiro atoms. The van der Waals surface area contributed by atoms with Crippen LogP contribution in [0.25, 0.3) is 0 Å².